The monoisotopic (exact) mass is 268 g/mol. The van der Waals surface area contributed by atoms with Crippen molar-refractivity contribution in [2.45, 2.75) is 19.3 Å². The molecule has 0 aliphatic carbocycles. The van der Waals surface area contributed by atoms with E-state index in [1.165, 1.54) is 0 Å². The molecule has 1 aromatic carbocycles. The summed E-state index contributed by atoms with van der Waals surface area (Å²) in [7, 11) is 0. The minimum absolute atomic E-state index is 0.174. The summed E-state index contributed by atoms with van der Waals surface area (Å²) >= 11 is 5.98. The fourth-order valence-electron chi connectivity index (χ4n) is 2.09. The van der Waals surface area contributed by atoms with Crippen molar-refractivity contribution in [1.29, 1.82) is 0 Å². The Hall–Kier alpha value is -1.06. The van der Waals surface area contributed by atoms with Crippen molar-refractivity contribution in [3.8, 4) is 0 Å². The SMILES string of the molecule is CCOC(=O)C(CC1COC1)c1cccc(Cl)c1. The third-order valence-electron chi connectivity index (χ3n) is 3.10. The van der Waals surface area contributed by atoms with E-state index in [1.807, 2.05) is 25.1 Å². The Balaban J connectivity index is 2.14. The van der Waals surface area contributed by atoms with Crippen LogP contribution < -0.4 is 0 Å². The smallest absolute Gasteiger partial charge is 0.313 e. The molecule has 1 saturated heterocycles. The van der Waals surface area contributed by atoms with Crippen molar-refractivity contribution >= 4 is 17.6 Å². The lowest BCUT2D eigenvalue weighted by Gasteiger charge is -2.29. The highest BCUT2D eigenvalue weighted by atomic mass is 35.5. The Morgan fingerprint density at radius 1 is 1.56 bits per heavy atom. The van der Waals surface area contributed by atoms with Crippen molar-refractivity contribution in [2.24, 2.45) is 5.92 Å². The molecule has 0 bridgehead atoms. The Kier molecular flexibility index (Phi) is 4.61. The average molecular weight is 269 g/mol. The van der Waals surface area contributed by atoms with Crippen molar-refractivity contribution < 1.29 is 14.3 Å². The summed E-state index contributed by atoms with van der Waals surface area (Å²) < 4.78 is 10.3. The number of esters is 1. The first kappa shape index (κ1) is 13.4. The molecule has 0 amide bonds. The summed E-state index contributed by atoms with van der Waals surface area (Å²) in [5, 5.41) is 0.645. The molecule has 98 valence electrons. The summed E-state index contributed by atoms with van der Waals surface area (Å²) in [5.41, 5.74) is 0.924. The highest BCUT2D eigenvalue weighted by Crippen LogP contribution is 2.30. The van der Waals surface area contributed by atoms with Gasteiger partial charge in [0, 0.05) is 10.9 Å². The van der Waals surface area contributed by atoms with Crippen LogP contribution >= 0.6 is 11.6 Å². The molecule has 1 aliphatic heterocycles. The zero-order chi connectivity index (χ0) is 13.0. The van der Waals surface area contributed by atoms with Crippen LogP contribution in [-0.2, 0) is 14.3 Å². The van der Waals surface area contributed by atoms with Crippen LogP contribution in [0.5, 0.6) is 0 Å². The Morgan fingerprint density at radius 2 is 2.33 bits per heavy atom. The van der Waals surface area contributed by atoms with Gasteiger partial charge in [0.25, 0.3) is 0 Å². The molecule has 2 rings (SSSR count). The van der Waals surface area contributed by atoms with E-state index in [2.05, 4.69) is 0 Å². The van der Waals surface area contributed by atoms with Gasteiger partial charge in [0.15, 0.2) is 0 Å². The van der Waals surface area contributed by atoms with Gasteiger partial charge >= 0.3 is 5.97 Å². The molecule has 0 radical (unpaired) electrons. The van der Waals surface area contributed by atoms with Gasteiger partial charge in [-0.15, -0.1) is 0 Å². The van der Waals surface area contributed by atoms with Gasteiger partial charge < -0.3 is 9.47 Å². The summed E-state index contributed by atoms with van der Waals surface area (Å²) in [6.07, 6.45) is 0.763. The first-order valence-corrected chi connectivity index (χ1v) is 6.58. The number of rotatable bonds is 5. The first-order chi connectivity index (χ1) is 8.70. The zero-order valence-electron chi connectivity index (χ0n) is 10.4. The number of ether oxygens (including phenoxy) is 2. The van der Waals surface area contributed by atoms with Crippen LogP contribution in [0.4, 0.5) is 0 Å². The molecule has 3 nitrogen and oxygen atoms in total. The van der Waals surface area contributed by atoms with Crippen LogP contribution in [0.1, 0.15) is 24.8 Å². The van der Waals surface area contributed by atoms with Crippen LogP contribution in [0.3, 0.4) is 0 Å². The lowest BCUT2D eigenvalue weighted by molar-refractivity contribution is -0.146. The van der Waals surface area contributed by atoms with E-state index in [1.54, 1.807) is 6.07 Å². The second-order valence-corrected chi connectivity index (χ2v) is 4.94. The maximum atomic E-state index is 12.0. The first-order valence-electron chi connectivity index (χ1n) is 6.20. The number of hydrogen-bond donors (Lipinski definition) is 0. The number of halogens is 1. The fourth-order valence-corrected chi connectivity index (χ4v) is 2.29. The number of benzene rings is 1. The highest BCUT2D eigenvalue weighted by molar-refractivity contribution is 6.30. The van der Waals surface area contributed by atoms with E-state index in [4.69, 9.17) is 21.1 Å². The molecule has 1 atom stereocenters. The summed E-state index contributed by atoms with van der Waals surface area (Å²) in [4.78, 5) is 12.0. The van der Waals surface area contributed by atoms with Crippen molar-refractivity contribution in [3.63, 3.8) is 0 Å². The van der Waals surface area contributed by atoms with Gasteiger partial charge in [0.2, 0.25) is 0 Å². The second kappa shape index (κ2) is 6.21. The summed E-state index contributed by atoms with van der Waals surface area (Å²) in [6, 6.07) is 7.43. The zero-order valence-corrected chi connectivity index (χ0v) is 11.2. The largest absolute Gasteiger partial charge is 0.466 e. The normalized spacial score (nSPS) is 17.0. The highest BCUT2D eigenvalue weighted by Gasteiger charge is 2.29. The summed E-state index contributed by atoms with van der Waals surface area (Å²) in [5.74, 6) is 0.0302. The van der Waals surface area contributed by atoms with E-state index in [9.17, 15) is 4.79 Å². The molecule has 18 heavy (non-hydrogen) atoms. The molecule has 0 N–H and O–H groups in total. The minimum Gasteiger partial charge on any atom is -0.466 e. The van der Waals surface area contributed by atoms with E-state index in [0.717, 1.165) is 25.2 Å². The van der Waals surface area contributed by atoms with Gasteiger partial charge in [-0.3, -0.25) is 4.79 Å². The van der Waals surface area contributed by atoms with Gasteiger partial charge in [-0.2, -0.15) is 0 Å². The predicted octanol–water partition coefficient (Wildman–Crippen LogP) is 3.02. The average Bonchev–Trinajstić information content (AvgIpc) is 2.27. The molecular formula is C14H17ClO3. The standard InChI is InChI=1S/C14H17ClO3/c1-2-18-14(16)13(6-10-8-17-9-10)11-4-3-5-12(15)7-11/h3-5,7,10,13H,2,6,8-9H2,1H3. The molecule has 1 unspecified atom stereocenters. The van der Waals surface area contributed by atoms with Crippen LogP contribution in [0, 0.1) is 5.92 Å². The molecule has 1 aliphatic rings. The lowest BCUT2D eigenvalue weighted by atomic mass is 9.88. The van der Waals surface area contributed by atoms with Crippen molar-refractivity contribution in [1.82, 2.24) is 0 Å². The molecule has 1 heterocycles. The molecule has 1 aromatic rings. The molecule has 0 saturated carbocycles. The van der Waals surface area contributed by atoms with Crippen LogP contribution in [0.25, 0.3) is 0 Å². The van der Waals surface area contributed by atoms with Gasteiger partial charge in [-0.25, -0.2) is 0 Å². The third kappa shape index (κ3) is 3.24. The maximum absolute atomic E-state index is 12.0. The minimum atomic E-state index is -0.238. The quantitative estimate of drug-likeness (QED) is 0.770. The van der Waals surface area contributed by atoms with Gasteiger partial charge in [0.05, 0.1) is 25.7 Å². The topological polar surface area (TPSA) is 35.5 Å². The van der Waals surface area contributed by atoms with Crippen LogP contribution in [-0.4, -0.2) is 25.8 Å². The van der Waals surface area contributed by atoms with Crippen molar-refractivity contribution in [3.05, 3.63) is 34.9 Å². The van der Waals surface area contributed by atoms with Crippen LogP contribution in [0.15, 0.2) is 24.3 Å². The molecule has 0 spiro atoms. The van der Waals surface area contributed by atoms with E-state index in [-0.39, 0.29) is 11.9 Å². The molecule has 4 heteroatoms. The molecule has 1 fully saturated rings. The number of carbonyl (C=O) groups excluding carboxylic acids is 1. The summed E-state index contributed by atoms with van der Waals surface area (Å²) in [6.45, 7) is 3.68. The number of carbonyl (C=O) groups is 1. The Labute approximate surface area is 112 Å². The predicted molar refractivity (Wildman–Crippen MR) is 69.8 cm³/mol. The van der Waals surface area contributed by atoms with E-state index >= 15 is 0 Å². The van der Waals surface area contributed by atoms with Crippen molar-refractivity contribution in [2.75, 3.05) is 19.8 Å². The number of hydrogen-bond acceptors (Lipinski definition) is 3. The van der Waals surface area contributed by atoms with Crippen LogP contribution in [0.2, 0.25) is 5.02 Å². The van der Waals surface area contributed by atoms with Gasteiger partial charge in [-0.05, 0) is 31.0 Å². The fraction of sp³-hybridized carbons (Fsp3) is 0.500. The van der Waals surface area contributed by atoms with E-state index < -0.39 is 0 Å². The molecule has 0 aromatic heterocycles. The third-order valence-corrected chi connectivity index (χ3v) is 3.33. The Bertz CT molecular complexity index is 415. The molecular weight excluding hydrogens is 252 g/mol. The second-order valence-electron chi connectivity index (χ2n) is 4.50. The van der Waals surface area contributed by atoms with Gasteiger partial charge in [0.1, 0.15) is 0 Å². The van der Waals surface area contributed by atoms with Gasteiger partial charge in [-0.1, -0.05) is 23.7 Å². The van der Waals surface area contributed by atoms with E-state index in [0.29, 0.717) is 17.5 Å². The lowest BCUT2D eigenvalue weighted by Crippen LogP contribution is -2.31. The maximum Gasteiger partial charge on any atom is 0.313 e. The Morgan fingerprint density at radius 3 is 2.89 bits per heavy atom.